The fourth-order valence-electron chi connectivity index (χ4n) is 4.77. The first-order valence-corrected chi connectivity index (χ1v) is 11.5. The third-order valence-electron chi connectivity index (χ3n) is 6.27. The second-order valence-electron chi connectivity index (χ2n) is 7.94. The predicted molar refractivity (Wildman–Crippen MR) is 115 cm³/mol. The summed E-state index contributed by atoms with van der Waals surface area (Å²) in [6.45, 7) is 1.52. The Morgan fingerprint density at radius 1 is 1.18 bits per heavy atom. The van der Waals surface area contributed by atoms with Gasteiger partial charge in [0.2, 0.25) is 0 Å². The maximum atomic E-state index is 6.06. The lowest BCUT2D eigenvalue weighted by Gasteiger charge is -2.37. The van der Waals surface area contributed by atoms with Crippen LogP contribution < -0.4 is 10.1 Å². The van der Waals surface area contributed by atoms with E-state index in [1.165, 1.54) is 21.7 Å². The first-order chi connectivity index (χ1) is 13.8. The molecule has 2 aliphatic heterocycles. The van der Waals surface area contributed by atoms with Crippen LogP contribution in [-0.4, -0.2) is 25.6 Å². The van der Waals surface area contributed by atoms with Crippen molar-refractivity contribution in [3.8, 4) is 5.75 Å². The maximum Gasteiger partial charge on any atom is 0.119 e. The number of hydrogen-bond donors (Lipinski definition) is 1. The topological polar surface area (TPSA) is 30.5 Å². The van der Waals surface area contributed by atoms with Crippen LogP contribution in [0.3, 0.4) is 0 Å². The summed E-state index contributed by atoms with van der Waals surface area (Å²) in [4.78, 5) is 1.31. The number of benzene rings is 2. The summed E-state index contributed by atoms with van der Waals surface area (Å²) >= 11 is 1.79. The van der Waals surface area contributed by atoms with Crippen LogP contribution in [0.4, 0.5) is 5.69 Å². The molecule has 4 unspecified atom stereocenters. The second-order valence-corrected chi connectivity index (χ2v) is 8.82. The number of nitrogens with one attached hydrogen (secondary N) is 1. The Bertz CT molecular complexity index is 857. The van der Waals surface area contributed by atoms with Gasteiger partial charge in [-0.2, -0.15) is 0 Å². The molecule has 1 saturated heterocycles. The van der Waals surface area contributed by atoms with Crippen LogP contribution in [-0.2, 0) is 4.74 Å². The summed E-state index contributed by atoms with van der Waals surface area (Å²) in [5, 5.41) is 3.82. The van der Waals surface area contributed by atoms with E-state index < -0.39 is 0 Å². The monoisotopic (exact) mass is 393 g/mol. The molecule has 0 amide bonds. The van der Waals surface area contributed by atoms with Gasteiger partial charge in [-0.15, -0.1) is 11.8 Å². The van der Waals surface area contributed by atoms with Gasteiger partial charge in [-0.25, -0.2) is 0 Å². The molecule has 5 rings (SSSR count). The summed E-state index contributed by atoms with van der Waals surface area (Å²) < 4.78 is 11.7. The Morgan fingerprint density at radius 2 is 2.07 bits per heavy atom. The Balaban J connectivity index is 1.38. The molecule has 1 aliphatic carbocycles. The molecule has 3 nitrogen and oxygen atoms in total. The molecule has 0 radical (unpaired) electrons. The molecule has 2 aromatic rings. The summed E-state index contributed by atoms with van der Waals surface area (Å²) in [5.41, 5.74) is 3.97. The van der Waals surface area contributed by atoms with Crippen LogP contribution >= 0.6 is 11.8 Å². The van der Waals surface area contributed by atoms with Crippen molar-refractivity contribution in [2.24, 2.45) is 5.92 Å². The fraction of sp³-hybridized carbons (Fsp3) is 0.417. The van der Waals surface area contributed by atoms with Gasteiger partial charge in [0.25, 0.3) is 0 Å². The van der Waals surface area contributed by atoms with Gasteiger partial charge >= 0.3 is 0 Å². The highest BCUT2D eigenvalue weighted by Gasteiger charge is 2.38. The molecule has 2 heterocycles. The van der Waals surface area contributed by atoms with E-state index in [0.717, 1.165) is 31.6 Å². The minimum Gasteiger partial charge on any atom is -0.491 e. The Labute approximate surface area is 171 Å². The van der Waals surface area contributed by atoms with E-state index in [4.69, 9.17) is 9.47 Å². The molecular weight excluding hydrogens is 366 g/mol. The molecular formula is C24H27NO2S. The van der Waals surface area contributed by atoms with Gasteiger partial charge in [0, 0.05) is 23.1 Å². The van der Waals surface area contributed by atoms with E-state index in [2.05, 4.69) is 66.2 Å². The third kappa shape index (κ3) is 3.44. The molecule has 3 aliphatic rings. The minimum atomic E-state index is 0.252. The number of ether oxygens (including phenoxy) is 2. The van der Waals surface area contributed by atoms with Crippen molar-refractivity contribution in [1.82, 2.24) is 0 Å². The molecule has 0 aromatic heterocycles. The summed E-state index contributed by atoms with van der Waals surface area (Å²) in [6.07, 6.45) is 10.5. The van der Waals surface area contributed by atoms with Gasteiger partial charge in [0.1, 0.15) is 12.4 Å². The van der Waals surface area contributed by atoms with Crippen molar-refractivity contribution in [2.75, 3.05) is 24.8 Å². The van der Waals surface area contributed by atoms with Gasteiger partial charge in [0.15, 0.2) is 0 Å². The van der Waals surface area contributed by atoms with Gasteiger partial charge in [0.05, 0.1) is 12.1 Å². The standard InChI is InChI=1S/C24H27NO2S/c1-28-19-10-7-16(8-11-19)24-21-6-2-5-20(21)22-14-17(9-12-23(22)25-24)27-15-18-4-3-13-26-18/h2,5,7-12,14,18,20-21,24-25H,3-4,6,13,15H2,1H3. The molecule has 1 N–H and O–H groups in total. The zero-order valence-corrected chi connectivity index (χ0v) is 17.1. The number of thioether (sulfide) groups is 1. The smallest absolute Gasteiger partial charge is 0.119 e. The molecule has 4 atom stereocenters. The van der Waals surface area contributed by atoms with Crippen LogP contribution in [0, 0.1) is 5.92 Å². The zero-order chi connectivity index (χ0) is 18.9. The van der Waals surface area contributed by atoms with Crippen LogP contribution in [0.5, 0.6) is 5.75 Å². The average molecular weight is 394 g/mol. The SMILES string of the molecule is CSc1ccc(C2Nc3ccc(OCC4CCCO4)cc3C3C=CCC32)cc1. The number of anilines is 1. The van der Waals surface area contributed by atoms with E-state index in [0.29, 0.717) is 24.5 Å². The quantitative estimate of drug-likeness (QED) is 0.514. The molecule has 0 bridgehead atoms. The van der Waals surface area contributed by atoms with Gasteiger partial charge in [-0.3, -0.25) is 0 Å². The molecule has 2 aromatic carbocycles. The normalized spacial score (nSPS) is 27.9. The highest BCUT2D eigenvalue weighted by Crippen LogP contribution is 2.50. The van der Waals surface area contributed by atoms with Crippen molar-refractivity contribution < 1.29 is 9.47 Å². The van der Waals surface area contributed by atoms with Crippen molar-refractivity contribution >= 4 is 17.4 Å². The third-order valence-corrected chi connectivity index (χ3v) is 7.01. The van der Waals surface area contributed by atoms with E-state index in [1.54, 1.807) is 11.8 Å². The lowest BCUT2D eigenvalue weighted by Crippen LogP contribution is -2.29. The van der Waals surface area contributed by atoms with Crippen molar-refractivity contribution in [1.29, 1.82) is 0 Å². The van der Waals surface area contributed by atoms with Crippen LogP contribution in [0.2, 0.25) is 0 Å². The summed E-state index contributed by atoms with van der Waals surface area (Å²) in [5.74, 6) is 1.96. The molecule has 4 heteroatoms. The second kappa shape index (κ2) is 7.84. The largest absolute Gasteiger partial charge is 0.491 e. The van der Waals surface area contributed by atoms with Crippen molar-refractivity contribution in [3.05, 3.63) is 65.7 Å². The average Bonchev–Trinajstić information content (AvgIpc) is 3.44. The minimum absolute atomic E-state index is 0.252. The predicted octanol–water partition coefficient (Wildman–Crippen LogP) is 5.79. The van der Waals surface area contributed by atoms with E-state index in [-0.39, 0.29) is 6.10 Å². The highest BCUT2D eigenvalue weighted by atomic mass is 32.2. The van der Waals surface area contributed by atoms with E-state index >= 15 is 0 Å². The number of fused-ring (bicyclic) bond motifs is 3. The van der Waals surface area contributed by atoms with Crippen molar-refractivity contribution in [3.63, 3.8) is 0 Å². The Hall–Kier alpha value is -1.91. The Morgan fingerprint density at radius 3 is 2.86 bits per heavy atom. The van der Waals surface area contributed by atoms with Gasteiger partial charge in [-0.1, -0.05) is 24.3 Å². The highest BCUT2D eigenvalue weighted by molar-refractivity contribution is 7.98. The Kier molecular flexibility index (Phi) is 5.08. The van der Waals surface area contributed by atoms with Gasteiger partial charge in [-0.05, 0) is 72.9 Å². The molecule has 28 heavy (non-hydrogen) atoms. The number of hydrogen-bond acceptors (Lipinski definition) is 4. The first kappa shape index (κ1) is 18.1. The lowest BCUT2D eigenvalue weighted by atomic mass is 9.77. The first-order valence-electron chi connectivity index (χ1n) is 10.3. The molecule has 0 spiro atoms. The van der Waals surface area contributed by atoms with Crippen LogP contribution in [0.25, 0.3) is 0 Å². The number of allylic oxidation sites excluding steroid dienone is 2. The fourth-order valence-corrected chi connectivity index (χ4v) is 5.18. The molecule has 0 saturated carbocycles. The maximum absolute atomic E-state index is 6.06. The molecule has 1 fully saturated rings. The summed E-state index contributed by atoms with van der Waals surface area (Å²) in [7, 11) is 0. The van der Waals surface area contributed by atoms with Crippen LogP contribution in [0.15, 0.2) is 59.5 Å². The molecule has 146 valence electrons. The van der Waals surface area contributed by atoms with Gasteiger partial charge < -0.3 is 14.8 Å². The lowest BCUT2D eigenvalue weighted by molar-refractivity contribution is 0.0679. The van der Waals surface area contributed by atoms with Crippen molar-refractivity contribution in [2.45, 2.75) is 42.2 Å². The number of rotatable bonds is 5. The van der Waals surface area contributed by atoms with Crippen LogP contribution in [0.1, 0.15) is 42.3 Å². The summed E-state index contributed by atoms with van der Waals surface area (Å²) in [6, 6.07) is 15.9. The van der Waals surface area contributed by atoms with E-state index in [1.807, 2.05) is 0 Å². The zero-order valence-electron chi connectivity index (χ0n) is 16.3. The van der Waals surface area contributed by atoms with E-state index in [9.17, 15) is 0 Å².